The van der Waals surface area contributed by atoms with Gasteiger partial charge in [0, 0.05) is 32.1 Å². The number of carbonyl (C=O) groups is 1. The average Bonchev–Trinajstić information content (AvgIpc) is 2.84. The molecule has 1 fully saturated rings. The number of piperidine rings is 1. The first-order chi connectivity index (χ1) is 9.70. The van der Waals surface area contributed by atoms with Gasteiger partial charge in [0.15, 0.2) is 0 Å². The number of hydrogen-bond acceptors (Lipinski definition) is 6. The van der Waals surface area contributed by atoms with E-state index in [-0.39, 0.29) is 18.4 Å². The molecular formula is C13H16N4O2S. The number of nitrogens with two attached hydrogens (primary N) is 1. The second-order valence-electron chi connectivity index (χ2n) is 5.00. The molecule has 3 heterocycles. The molecule has 1 unspecified atom stereocenters. The molecule has 1 amide bonds. The molecule has 1 aliphatic heterocycles. The summed E-state index contributed by atoms with van der Waals surface area (Å²) in [6.45, 7) is 1.42. The van der Waals surface area contributed by atoms with Gasteiger partial charge in [0.05, 0.1) is 5.69 Å². The van der Waals surface area contributed by atoms with Crippen LogP contribution in [0.2, 0.25) is 0 Å². The van der Waals surface area contributed by atoms with Gasteiger partial charge in [-0.15, -0.1) is 11.3 Å². The Balaban J connectivity index is 1.90. The van der Waals surface area contributed by atoms with Gasteiger partial charge in [-0.05, 0) is 18.8 Å². The van der Waals surface area contributed by atoms with Crippen LogP contribution in [0.4, 0.5) is 5.69 Å². The molecule has 0 aromatic carbocycles. The van der Waals surface area contributed by atoms with E-state index in [2.05, 4.69) is 9.97 Å². The number of amides is 1. The number of aliphatic hydroxyl groups is 1. The fourth-order valence-corrected chi connectivity index (χ4v) is 3.53. The number of fused-ring (bicyclic) bond motifs is 1. The molecule has 6 nitrogen and oxygen atoms in total. The summed E-state index contributed by atoms with van der Waals surface area (Å²) in [6, 6.07) is 0. The van der Waals surface area contributed by atoms with Crippen molar-refractivity contribution in [1.29, 1.82) is 0 Å². The largest absolute Gasteiger partial charge is 0.396 e. The van der Waals surface area contributed by atoms with Crippen LogP contribution in [0.25, 0.3) is 10.3 Å². The first-order valence-corrected chi connectivity index (χ1v) is 7.41. The lowest BCUT2D eigenvalue weighted by Gasteiger charge is -2.31. The molecule has 0 spiro atoms. The minimum atomic E-state index is -0.0783. The number of nitrogens with zero attached hydrogens (tertiary/aromatic N) is 3. The van der Waals surface area contributed by atoms with Crippen molar-refractivity contribution in [3.05, 3.63) is 17.3 Å². The molecule has 106 valence electrons. The van der Waals surface area contributed by atoms with Gasteiger partial charge in [-0.25, -0.2) is 9.97 Å². The summed E-state index contributed by atoms with van der Waals surface area (Å²) in [4.78, 5) is 23.9. The van der Waals surface area contributed by atoms with Crippen LogP contribution < -0.4 is 5.73 Å². The molecule has 2 aromatic heterocycles. The zero-order chi connectivity index (χ0) is 14.1. The maximum Gasteiger partial charge on any atom is 0.266 e. The van der Waals surface area contributed by atoms with Crippen LogP contribution in [-0.2, 0) is 0 Å². The van der Waals surface area contributed by atoms with E-state index in [0.29, 0.717) is 34.0 Å². The molecule has 0 aliphatic carbocycles. The van der Waals surface area contributed by atoms with E-state index < -0.39 is 0 Å². The first-order valence-electron chi connectivity index (χ1n) is 6.60. The Morgan fingerprint density at radius 2 is 2.30 bits per heavy atom. The fourth-order valence-electron chi connectivity index (χ4n) is 2.54. The Kier molecular flexibility index (Phi) is 3.54. The SMILES string of the molecule is Nc1c(C(=O)N2CCCC(CO)C2)sc2nccnc12. The van der Waals surface area contributed by atoms with E-state index >= 15 is 0 Å². The molecule has 0 saturated carbocycles. The number of hydrogen-bond donors (Lipinski definition) is 2. The van der Waals surface area contributed by atoms with Crippen LogP contribution in [0.5, 0.6) is 0 Å². The van der Waals surface area contributed by atoms with Gasteiger partial charge < -0.3 is 15.7 Å². The molecule has 3 rings (SSSR count). The Morgan fingerprint density at radius 3 is 3.05 bits per heavy atom. The summed E-state index contributed by atoms with van der Waals surface area (Å²) >= 11 is 1.28. The molecule has 1 saturated heterocycles. The highest BCUT2D eigenvalue weighted by Gasteiger charge is 2.27. The van der Waals surface area contributed by atoms with Crippen molar-refractivity contribution in [3.63, 3.8) is 0 Å². The zero-order valence-corrected chi connectivity index (χ0v) is 11.8. The van der Waals surface area contributed by atoms with E-state index in [1.807, 2.05) is 0 Å². The van der Waals surface area contributed by atoms with Crippen molar-refractivity contribution in [1.82, 2.24) is 14.9 Å². The zero-order valence-electron chi connectivity index (χ0n) is 11.0. The highest BCUT2D eigenvalue weighted by Crippen LogP contribution is 2.32. The van der Waals surface area contributed by atoms with Crippen molar-refractivity contribution in [2.24, 2.45) is 5.92 Å². The third kappa shape index (κ3) is 2.23. The number of carbonyl (C=O) groups excluding carboxylic acids is 1. The number of likely N-dealkylation sites (tertiary alicyclic amines) is 1. The lowest BCUT2D eigenvalue weighted by molar-refractivity contribution is 0.0626. The third-order valence-electron chi connectivity index (χ3n) is 3.62. The summed E-state index contributed by atoms with van der Waals surface area (Å²) in [5.41, 5.74) is 7.03. The molecule has 7 heteroatoms. The van der Waals surface area contributed by atoms with Gasteiger partial charge in [-0.3, -0.25) is 4.79 Å². The summed E-state index contributed by atoms with van der Waals surface area (Å²) in [7, 11) is 0. The minimum absolute atomic E-state index is 0.0783. The van der Waals surface area contributed by atoms with Gasteiger partial charge in [-0.1, -0.05) is 0 Å². The topological polar surface area (TPSA) is 92.3 Å². The second-order valence-corrected chi connectivity index (χ2v) is 6.00. The fraction of sp³-hybridized carbons (Fsp3) is 0.462. The van der Waals surface area contributed by atoms with Crippen molar-refractivity contribution < 1.29 is 9.90 Å². The third-order valence-corrected chi connectivity index (χ3v) is 4.71. The van der Waals surface area contributed by atoms with Crippen molar-refractivity contribution in [3.8, 4) is 0 Å². The summed E-state index contributed by atoms with van der Waals surface area (Å²) in [6.07, 6.45) is 5.04. The van der Waals surface area contributed by atoms with Crippen molar-refractivity contribution >= 4 is 33.3 Å². The molecule has 3 N–H and O–H groups in total. The quantitative estimate of drug-likeness (QED) is 0.865. The Hall–Kier alpha value is -1.73. The lowest BCUT2D eigenvalue weighted by Crippen LogP contribution is -2.40. The van der Waals surface area contributed by atoms with Crippen LogP contribution in [0, 0.1) is 5.92 Å². The Labute approximate surface area is 120 Å². The predicted molar refractivity (Wildman–Crippen MR) is 77.5 cm³/mol. The number of nitrogen functional groups attached to an aromatic ring is 1. The van der Waals surface area contributed by atoms with Crippen LogP contribution >= 0.6 is 11.3 Å². The Bertz CT molecular complexity index is 642. The molecule has 2 aromatic rings. The molecule has 1 atom stereocenters. The molecule has 20 heavy (non-hydrogen) atoms. The van der Waals surface area contributed by atoms with Crippen LogP contribution in [0.1, 0.15) is 22.5 Å². The van der Waals surface area contributed by atoms with Crippen molar-refractivity contribution in [2.75, 3.05) is 25.4 Å². The maximum atomic E-state index is 12.6. The van der Waals surface area contributed by atoms with E-state index in [4.69, 9.17) is 5.73 Å². The number of anilines is 1. The highest BCUT2D eigenvalue weighted by molar-refractivity contribution is 7.21. The van der Waals surface area contributed by atoms with Gasteiger partial charge in [0.25, 0.3) is 5.91 Å². The van der Waals surface area contributed by atoms with Crippen molar-refractivity contribution in [2.45, 2.75) is 12.8 Å². The Morgan fingerprint density at radius 1 is 1.50 bits per heavy atom. The molecular weight excluding hydrogens is 276 g/mol. The van der Waals surface area contributed by atoms with Gasteiger partial charge in [-0.2, -0.15) is 0 Å². The van der Waals surface area contributed by atoms with Gasteiger partial charge >= 0.3 is 0 Å². The molecule has 0 radical (unpaired) electrons. The number of aromatic nitrogens is 2. The summed E-state index contributed by atoms with van der Waals surface area (Å²) in [5, 5.41) is 9.25. The highest BCUT2D eigenvalue weighted by atomic mass is 32.1. The van der Waals surface area contributed by atoms with Crippen LogP contribution in [0.3, 0.4) is 0 Å². The van der Waals surface area contributed by atoms with E-state index in [1.165, 1.54) is 11.3 Å². The lowest BCUT2D eigenvalue weighted by atomic mass is 9.99. The summed E-state index contributed by atoms with van der Waals surface area (Å²) < 4.78 is 0. The second kappa shape index (κ2) is 5.34. The molecule has 0 bridgehead atoms. The number of aliphatic hydroxyl groups excluding tert-OH is 1. The average molecular weight is 292 g/mol. The van der Waals surface area contributed by atoms with E-state index in [0.717, 1.165) is 12.8 Å². The predicted octanol–water partition coefficient (Wildman–Crippen LogP) is 1.12. The van der Waals surface area contributed by atoms with E-state index in [1.54, 1.807) is 17.3 Å². The molecule has 1 aliphatic rings. The number of rotatable bonds is 2. The minimum Gasteiger partial charge on any atom is -0.396 e. The van der Waals surface area contributed by atoms with Crippen LogP contribution in [-0.4, -0.2) is 45.6 Å². The van der Waals surface area contributed by atoms with Crippen LogP contribution in [0.15, 0.2) is 12.4 Å². The number of thiophene rings is 1. The van der Waals surface area contributed by atoms with Gasteiger partial charge in [0.2, 0.25) is 0 Å². The maximum absolute atomic E-state index is 12.6. The first kappa shape index (κ1) is 13.3. The standard InChI is InChI=1S/C13H16N4O2S/c14-9-10-12(16-4-3-15-10)20-11(9)13(19)17-5-1-2-8(6-17)7-18/h3-4,8,18H,1-2,5-7,14H2. The normalized spacial score (nSPS) is 19.4. The van der Waals surface area contributed by atoms with E-state index in [9.17, 15) is 9.90 Å². The van der Waals surface area contributed by atoms with Gasteiger partial charge in [0.1, 0.15) is 15.2 Å². The smallest absolute Gasteiger partial charge is 0.266 e. The monoisotopic (exact) mass is 292 g/mol. The summed E-state index contributed by atoms with van der Waals surface area (Å²) in [5.74, 6) is 0.0880.